The first-order chi connectivity index (χ1) is 9.79. The molecule has 0 spiro atoms. The first kappa shape index (κ1) is 17.5. The van der Waals surface area contributed by atoms with Gasteiger partial charge in [-0.3, -0.25) is 4.79 Å². The molecule has 1 amide bonds. The number of nitrogens with one attached hydrogen (secondary N) is 1. The van der Waals surface area contributed by atoms with E-state index in [2.05, 4.69) is 15.0 Å². The van der Waals surface area contributed by atoms with Crippen molar-refractivity contribution in [3.8, 4) is 11.4 Å². The summed E-state index contributed by atoms with van der Waals surface area (Å²) in [5.41, 5.74) is 8.44. The number of guanidine groups is 1. The summed E-state index contributed by atoms with van der Waals surface area (Å²) in [4.78, 5) is 21.3. The predicted octanol–water partition coefficient (Wildman–Crippen LogP) is 1.93. The van der Waals surface area contributed by atoms with Crippen molar-refractivity contribution in [3.05, 3.63) is 41.7 Å². The number of nitrogens with zero attached hydrogens (tertiary/aromatic N) is 2. The molecule has 1 aromatic heterocycles. The van der Waals surface area contributed by atoms with E-state index in [1.165, 1.54) is 18.5 Å². The second kappa shape index (κ2) is 6.48. The molecule has 2 rings (SSSR count). The summed E-state index contributed by atoms with van der Waals surface area (Å²) >= 11 is 0. The number of halogens is 4. The Morgan fingerprint density at radius 1 is 1.27 bits per heavy atom. The molecular formula is C12H11ClF3N5O. The molecular weight excluding hydrogens is 323 g/mol. The third-order valence-corrected chi connectivity index (χ3v) is 2.56. The van der Waals surface area contributed by atoms with Gasteiger partial charge in [-0.15, -0.1) is 12.4 Å². The van der Waals surface area contributed by atoms with Gasteiger partial charge in [-0.05, 0) is 12.1 Å². The molecule has 1 heterocycles. The van der Waals surface area contributed by atoms with E-state index in [1.54, 1.807) is 0 Å². The van der Waals surface area contributed by atoms with Crippen molar-refractivity contribution in [2.75, 3.05) is 0 Å². The standard InChI is InChI=1S/C12H10F3N5O.ClH/c13-12(14,15)8-5-6(9-18-3-4-19-9)1-2-7(8)10(21)20-11(16)17;/h1-5H,(H,18,19)(H4,16,17,20,21);1H. The number of aliphatic imine (C=N–C) groups is 1. The van der Waals surface area contributed by atoms with E-state index in [-0.39, 0.29) is 23.8 Å². The highest BCUT2D eigenvalue weighted by atomic mass is 35.5. The minimum absolute atomic E-state index is 0. The number of rotatable bonds is 2. The number of aromatic nitrogens is 2. The van der Waals surface area contributed by atoms with Crippen molar-refractivity contribution >= 4 is 24.3 Å². The summed E-state index contributed by atoms with van der Waals surface area (Å²) in [6.45, 7) is 0. The molecule has 5 N–H and O–H groups in total. The molecule has 1 aromatic carbocycles. The minimum atomic E-state index is -4.73. The number of amides is 1. The van der Waals surface area contributed by atoms with E-state index >= 15 is 0 Å². The summed E-state index contributed by atoms with van der Waals surface area (Å²) < 4.78 is 39.2. The van der Waals surface area contributed by atoms with Crippen molar-refractivity contribution < 1.29 is 18.0 Å². The van der Waals surface area contributed by atoms with Crippen LogP contribution in [0.1, 0.15) is 15.9 Å². The quantitative estimate of drug-likeness (QED) is 0.576. The Morgan fingerprint density at radius 2 is 1.95 bits per heavy atom. The van der Waals surface area contributed by atoms with Crippen LogP contribution in [0.2, 0.25) is 0 Å². The molecule has 118 valence electrons. The van der Waals surface area contributed by atoms with Gasteiger partial charge >= 0.3 is 6.18 Å². The van der Waals surface area contributed by atoms with E-state index in [0.29, 0.717) is 0 Å². The third kappa shape index (κ3) is 3.76. The number of alkyl halides is 3. The Bertz CT molecular complexity index is 693. The molecule has 0 fully saturated rings. The van der Waals surface area contributed by atoms with Crippen LogP contribution in [-0.4, -0.2) is 21.8 Å². The molecule has 0 radical (unpaired) electrons. The Hall–Kier alpha value is -2.55. The fourth-order valence-electron chi connectivity index (χ4n) is 1.71. The lowest BCUT2D eigenvalue weighted by molar-refractivity contribution is -0.137. The van der Waals surface area contributed by atoms with Crippen LogP contribution in [0, 0.1) is 0 Å². The molecule has 6 nitrogen and oxygen atoms in total. The molecule has 0 aliphatic heterocycles. The summed E-state index contributed by atoms with van der Waals surface area (Å²) in [5.74, 6) is -1.52. The van der Waals surface area contributed by atoms with Gasteiger partial charge < -0.3 is 16.5 Å². The zero-order chi connectivity index (χ0) is 15.6. The van der Waals surface area contributed by atoms with Crippen LogP contribution in [-0.2, 0) is 6.18 Å². The normalized spacial score (nSPS) is 10.7. The predicted molar refractivity (Wildman–Crippen MR) is 76.4 cm³/mol. The first-order valence-corrected chi connectivity index (χ1v) is 5.64. The van der Waals surface area contributed by atoms with Gasteiger partial charge in [0.2, 0.25) is 0 Å². The second-order valence-electron chi connectivity index (χ2n) is 4.04. The lowest BCUT2D eigenvalue weighted by atomic mass is 10.0. The Labute approximate surface area is 128 Å². The van der Waals surface area contributed by atoms with Gasteiger partial charge in [0.25, 0.3) is 5.91 Å². The SMILES string of the molecule is Cl.NC(N)=NC(=O)c1ccc(-c2ncc[nH]2)cc1C(F)(F)F. The molecule has 22 heavy (non-hydrogen) atoms. The first-order valence-electron chi connectivity index (χ1n) is 5.64. The van der Waals surface area contributed by atoms with Gasteiger partial charge in [0.1, 0.15) is 5.82 Å². The molecule has 0 unspecified atom stereocenters. The number of hydrogen-bond acceptors (Lipinski definition) is 2. The maximum atomic E-state index is 13.1. The van der Waals surface area contributed by atoms with Crippen LogP contribution in [0.5, 0.6) is 0 Å². The minimum Gasteiger partial charge on any atom is -0.370 e. The fraction of sp³-hybridized carbons (Fsp3) is 0.0833. The van der Waals surface area contributed by atoms with Crippen molar-refractivity contribution in [2.24, 2.45) is 16.5 Å². The Balaban J connectivity index is 0.00000242. The van der Waals surface area contributed by atoms with Gasteiger partial charge in [0, 0.05) is 18.0 Å². The molecule has 0 saturated carbocycles. The van der Waals surface area contributed by atoms with Crippen LogP contribution in [0.4, 0.5) is 13.2 Å². The molecule has 0 aliphatic carbocycles. The van der Waals surface area contributed by atoms with Gasteiger partial charge in [0.15, 0.2) is 5.96 Å². The van der Waals surface area contributed by atoms with Crippen LogP contribution in [0.15, 0.2) is 35.6 Å². The smallest absolute Gasteiger partial charge is 0.370 e. The number of carbonyl (C=O) groups excluding carboxylic acids is 1. The van der Waals surface area contributed by atoms with Crippen molar-refractivity contribution in [3.63, 3.8) is 0 Å². The number of carbonyl (C=O) groups is 1. The second-order valence-corrected chi connectivity index (χ2v) is 4.04. The number of aromatic amines is 1. The molecule has 0 aliphatic rings. The Kier molecular flexibility index (Phi) is 5.15. The topological polar surface area (TPSA) is 110 Å². The fourth-order valence-corrected chi connectivity index (χ4v) is 1.71. The largest absolute Gasteiger partial charge is 0.417 e. The third-order valence-electron chi connectivity index (χ3n) is 2.56. The lowest BCUT2D eigenvalue weighted by Gasteiger charge is -2.12. The van der Waals surface area contributed by atoms with Crippen LogP contribution < -0.4 is 11.5 Å². The highest BCUT2D eigenvalue weighted by Crippen LogP contribution is 2.34. The average Bonchev–Trinajstić information content (AvgIpc) is 2.90. The monoisotopic (exact) mass is 333 g/mol. The van der Waals surface area contributed by atoms with E-state index in [0.717, 1.165) is 12.1 Å². The Morgan fingerprint density at radius 3 is 2.45 bits per heavy atom. The van der Waals surface area contributed by atoms with E-state index in [9.17, 15) is 18.0 Å². The number of H-pyrrole nitrogens is 1. The zero-order valence-electron chi connectivity index (χ0n) is 10.9. The van der Waals surface area contributed by atoms with E-state index in [4.69, 9.17) is 11.5 Å². The number of nitrogens with two attached hydrogens (primary N) is 2. The summed E-state index contributed by atoms with van der Waals surface area (Å²) in [6, 6.07) is 3.15. The van der Waals surface area contributed by atoms with Crippen molar-refractivity contribution in [2.45, 2.75) is 6.18 Å². The van der Waals surface area contributed by atoms with Crippen LogP contribution in [0.25, 0.3) is 11.4 Å². The van der Waals surface area contributed by atoms with Gasteiger partial charge in [-0.1, -0.05) is 6.07 Å². The highest BCUT2D eigenvalue weighted by molar-refractivity contribution is 6.03. The molecule has 2 aromatic rings. The number of imidazole rings is 1. The summed E-state index contributed by atoms with van der Waals surface area (Å²) in [6.07, 6.45) is -1.85. The lowest BCUT2D eigenvalue weighted by Crippen LogP contribution is -2.25. The highest BCUT2D eigenvalue weighted by Gasteiger charge is 2.35. The number of hydrogen-bond donors (Lipinski definition) is 3. The van der Waals surface area contributed by atoms with Crippen LogP contribution >= 0.6 is 12.4 Å². The number of benzene rings is 1. The van der Waals surface area contributed by atoms with Crippen LogP contribution in [0.3, 0.4) is 0 Å². The van der Waals surface area contributed by atoms with E-state index in [1.807, 2.05) is 0 Å². The van der Waals surface area contributed by atoms with E-state index < -0.39 is 29.2 Å². The maximum Gasteiger partial charge on any atom is 0.417 e. The van der Waals surface area contributed by atoms with Gasteiger partial charge in [-0.2, -0.15) is 18.2 Å². The summed E-state index contributed by atoms with van der Waals surface area (Å²) in [5, 5.41) is 0. The molecule has 10 heteroatoms. The van der Waals surface area contributed by atoms with Crippen molar-refractivity contribution in [1.82, 2.24) is 9.97 Å². The maximum absolute atomic E-state index is 13.1. The average molecular weight is 334 g/mol. The van der Waals surface area contributed by atoms with Crippen molar-refractivity contribution in [1.29, 1.82) is 0 Å². The zero-order valence-corrected chi connectivity index (χ0v) is 11.7. The van der Waals surface area contributed by atoms with Gasteiger partial charge in [-0.25, -0.2) is 4.98 Å². The molecule has 0 saturated heterocycles. The summed E-state index contributed by atoms with van der Waals surface area (Å²) in [7, 11) is 0. The molecule has 0 bridgehead atoms. The molecule has 0 atom stereocenters. The van der Waals surface area contributed by atoms with Gasteiger partial charge in [0.05, 0.1) is 11.1 Å².